The van der Waals surface area contributed by atoms with Gasteiger partial charge in [-0.25, -0.2) is 8.42 Å². The predicted molar refractivity (Wildman–Crippen MR) is 72.9 cm³/mol. The molecule has 0 amide bonds. The largest absolute Gasteiger partial charge is 0.480 e. The average molecular weight is 301 g/mol. The Morgan fingerprint density at radius 1 is 1.30 bits per heavy atom. The molecule has 1 fully saturated rings. The highest BCUT2D eigenvalue weighted by Crippen LogP contribution is 2.17. The van der Waals surface area contributed by atoms with E-state index in [1.54, 1.807) is 35.0 Å². The lowest BCUT2D eigenvalue weighted by Crippen LogP contribution is -2.36. The maximum atomic E-state index is 12.5. The Morgan fingerprint density at radius 2 is 2.05 bits per heavy atom. The van der Waals surface area contributed by atoms with Crippen LogP contribution in [0, 0.1) is 0 Å². The van der Waals surface area contributed by atoms with Gasteiger partial charge >= 0.3 is 5.97 Å². The fraction of sp³-hybridized carbons (Fsp3) is 0.583. The predicted octanol–water partition coefficient (Wildman–Crippen LogP) is -0.194. The molecule has 1 aromatic heterocycles. The molecule has 0 bridgehead atoms. The van der Waals surface area contributed by atoms with Crippen molar-refractivity contribution in [1.29, 1.82) is 0 Å². The Hall–Kier alpha value is -1.38. The van der Waals surface area contributed by atoms with Crippen molar-refractivity contribution in [1.82, 2.24) is 13.8 Å². The molecular weight excluding hydrogens is 282 g/mol. The molecule has 0 aromatic carbocycles. The summed E-state index contributed by atoms with van der Waals surface area (Å²) in [5.41, 5.74) is 0. The Kier molecular flexibility index (Phi) is 4.46. The van der Waals surface area contributed by atoms with Gasteiger partial charge in [-0.3, -0.25) is 9.69 Å². The zero-order valence-corrected chi connectivity index (χ0v) is 12.2. The first kappa shape index (κ1) is 15.0. The van der Waals surface area contributed by atoms with Crippen molar-refractivity contribution in [3.63, 3.8) is 0 Å². The van der Waals surface area contributed by atoms with E-state index in [9.17, 15) is 13.2 Å². The molecule has 8 heteroatoms. The molecule has 1 aliphatic rings. The van der Waals surface area contributed by atoms with Gasteiger partial charge in [0.2, 0.25) is 10.0 Å². The Morgan fingerprint density at radius 3 is 2.65 bits per heavy atom. The summed E-state index contributed by atoms with van der Waals surface area (Å²) in [6.45, 7) is 1.75. The van der Waals surface area contributed by atoms with Gasteiger partial charge in [-0.05, 0) is 12.5 Å². The van der Waals surface area contributed by atoms with Crippen LogP contribution in [0.15, 0.2) is 23.4 Å². The van der Waals surface area contributed by atoms with Crippen LogP contribution in [0.1, 0.15) is 6.42 Å². The second kappa shape index (κ2) is 5.94. The van der Waals surface area contributed by atoms with Crippen LogP contribution in [0.4, 0.5) is 0 Å². The number of nitrogens with zero attached hydrogens (tertiary/aromatic N) is 3. The van der Waals surface area contributed by atoms with E-state index in [1.165, 1.54) is 4.31 Å². The van der Waals surface area contributed by atoms with Crippen LogP contribution in [-0.4, -0.2) is 66.0 Å². The van der Waals surface area contributed by atoms with Gasteiger partial charge in [0.1, 0.15) is 0 Å². The summed E-state index contributed by atoms with van der Waals surface area (Å²) in [6.07, 6.45) is 3.91. The number of carboxylic acids is 1. The molecule has 1 saturated heterocycles. The molecule has 20 heavy (non-hydrogen) atoms. The Balaban J connectivity index is 2.08. The third kappa shape index (κ3) is 3.38. The molecule has 0 radical (unpaired) electrons. The van der Waals surface area contributed by atoms with Crippen molar-refractivity contribution in [3.8, 4) is 0 Å². The first-order chi connectivity index (χ1) is 9.39. The summed E-state index contributed by atoms with van der Waals surface area (Å²) in [5, 5.41) is 8.79. The van der Waals surface area contributed by atoms with Crippen LogP contribution >= 0.6 is 0 Å². The number of hydrogen-bond donors (Lipinski definition) is 1. The number of aryl methyl sites for hydroxylation is 1. The first-order valence-electron chi connectivity index (χ1n) is 6.46. The molecule has 1 aliphatic heterocycles. The molecule has 1 aromatic rings. The molecular formula is C12H19N3O4S. The minimum absolute atomic E-state index is 0.0424. The smallest absolute Gasteiger partial charge is 0.317 e. The van der Waals surface area contributed by atoms with Crippen molar-refractivity contribution in [2.45, 2.75) is 11.3 Å². The minimum Gasteiger partial charge on any atom is -0.480 e. The highest BCUT2D eigenvalue weighted by atomic mass is 32.2. The van der Waals surface area contributed by atoms with E-state index in [0.717, 1.165) is 0 Å². The number of aliphatic carboxylic acids is 1. The lowest BCUT2D eigenvalue weighted by atomic mass is 10.4. The first-order valence-corrected chi connectivity index (χ1v) is 7.90. The van der Waals surface area contributed by atoms with Crippen molar-refractivity contribution >= 4 is 16.0 Å². The van der Waals surface area contributed by atoms with E-state index in [2.05, 4.69) is 0 Å². The second-order valence-electron chi connectivity index (χ2n) is 4.94. The highest BCUT2D eigenvalue weighted by molar-refractivity contribution is 7.89. The second-order valence-corrected chi connectivity index (χ2v) is 6.88. The zero-order chi connectivity index (χ0) is 14.8. The Labute approximate surface area is 118 Å². The summed E-state index contributed by atoms with van der Waals surface area (Å²) in [4.78, 5) is 12.8. The van der Waals surface area contributed by atoms with Crippen LogP contribution in [-0.2, 0) is 21.9 Å². The van der Waals surface area contributed by atoms with Gasteiger partial charge < -0.3 is 9.67 Å². The van der Waals surface area contributed by atoms with Gasteiger partial charge in [-0.15, -0.1) is 0 Å². The van der Waals surface area contributed by atoms with E-state index in [4.69, 9.17) is 5.11 Å². The summed E-state index contributed by atoms with van der Waals surface area (Å²) in [5.74, 6) is -0.885. The van der Waals surface area contributed by atoms with E-state index >= 15 is 0 Å². The van der Waals surface area contributed by atoms with Gasteiger partial charge in [0.05, 0.1) is 11.4 Å². The quantitative estimate of drug-likeness (QED) is 0.833. The van der Waals surface area contributed by atoms with E-state index < -0.39 is 16.0 Å². The molecule has 112 valence electrons. The number of carbonyl (C=O) groups is 1. The zero-order valence-electron chi connectivity index (χ0n) is 11.4. The van der Waals surface area contributed by atoms with Crippen LogP contribution in [0.5, 0.6) is 0 Å². The Bertz CT molecular complexity index is 581. The standard InChI is InChI=1S/C12H19N3O4S/c1-13-6-3-11(9-13)20(18,19)15-5-2-4-14(7-8-15)10-12(16)17/h3,6,9H,2,4-5,7-8,10H2,1H3,(H,16,17). The molecule has 0 spiro atoms. The summed E-state index contributed by atoms with van der Waals surface area (Å²) in [7, 11) is -1.70. The molecule has 0 unspecified atom stereocenters. The maximum Gasteiger partial charge on any atom is 0.317 e. The van der Waals surface area contributed by atoms with Gasteiger partial charge in [0.25, 0.3) is 0 Å². The van der Waals surface area contributed by atoms with Gasteiger partial charge in [-0.2, -0.15) is 4.31 Å². The third-order valence-electron chi connectivity index (χ3n) is 3.35. The monoisotopic (exact) mass is 301 g/mol. The normalized spacial score (nSPS) is 18.9. The van der Waals surface area contributed by atoms with Gasteiger partial charge in [0, 0.05) is 45.6 Å². The van der Waals surface area contributed by atoms with Crippen molar-refractivity contribution < 1.29 is 18.3 Å². The number of carboxylic acid groups (broad SMARTS) is 1. The summed E-state index contributed by atoms with van der Waals surface area (Å²) in [6, 6.07) is 1.58. The lowest BCUT2D eigenvalue weighted by Gasteiger charge is -2.20. The van der Waals surface area contributed by atoms with Crippen LogP contribution in [0.25, 0.3) is 0 Å². The number of hydrogen-bond acceptors (Lipinski definition) is 4. The van der Waals surface area contributed by atoms with E-state index in [-0.39, 0.29) is 11.4 Å². The van der Waals surface area contributed by atoms with Crippen molar-refractivity contribution in [3.05, 3.63) is 18.5 Å². The molecule has 0 aliphatic carbocycles. The van der Waals surface area contributed by atoms with Crippen LogP contribution < -0.4 is 0 Å². The molecule has 0 atom stereocenters. The number of aromatic nitrogens is 1. The number of sulfonamides is 1. The SMILES string of the molecule is Cn1ccc(S(=O)(=O)N2CCCN(CC(=O)O)CC2)c1. The number of rotatable bonds is 4. The fourth-order valence-corrected chi connectivity index (χ4v) is 3.84. The fourth-order valence-electron chi connectivity index (χ4n) is 2.32. The van der Waals surface area contributed by atoms with E-state index in [0.29, 0.717) is 32.6 Å². The maximum absolute atomic E-state index is 12.5. The summed E-state index contributed by atoms with van der Waals surface area (Å²) < 4.78 is 28.1. The molecule has 7 nitrogen and oxygen atoms in total. The minimum atomic E-state index is -3.48. The lowest BCUT2D eigenvalue weighted by molar-refractivity contribution is -0.138. The van der Waals surface area contributed by atoms with Crippen LogP contribution in [0.3, 0.4) is 0 Å². The van der Waals surface area contributed by atoms with Gasteiger partial charge in [0.15, 0.2) is 0 Å². The topological polar surface area (TPSA) is 82.9 Å². The average Bonchev–Trinajstić information content (AvgIpc) is 2.66. The van der Waals surface area contributed by atoms with Crippen molar-refractivity contribution in [2.75, 3.05) is 32.7 Å². The highest BCUT2D eigenvalue weighted by Gasteiger charge is 2.27. The van der Waals surface area contributed by atoms with Crippen molar-refractivity contribution in [2.24, 2.45) is 7.05 Å². The van der Waals surface area contributed by atoms with Crippen LogP contribution in [0.2, 0.25) is 0 Å². The third-order valence-corrected chi connectivity index (χ3v) is 5.23. The van der Waals surface area contributed by atoms with E-state index in [1.807, 2.05) is 0 Å². The molecule has 2 rings (SSSR count). The molecule has 1 N–H and O–H groups in total. The molecule has 2 heterocycles. The summed E-state index contributed by atoms with van der Waals surface area (Å²) >= 11 is 0. The molecule has 0 saturated carbocycles. The van der Waals surface area contributed by atoms with Gasteiger partial charge in [-0.1, -0.05) is 0 Å².